The zero-order chi connectivity index (χ0) is 36.6. The number of amides is 1. The van der Waals surface area contributed by atoms with Gasteiger partial charge in [-0.25, -0.2) is 0 Å². The lowest BCUT2D eigenvalue weighted by atomic mass is 10.0. The van der Waals surface area contributed by atoms with Crippen molar-refractivity contribution in [1.29, 1.82) is 0 Å². The highest BCUT2D eigenvalue weighted by Crippen LogP contribution is 2.16. The third-order valence-electron chi connectivity index (χ3n) is 10.3. The van der Waals surface area contributed by atoms with Gasteiger partial charge in [0.15, 0.2) is 0 Å². The minimum atomic E-state index is -1.16. The quantitative estimate of drug-likeness (QED) is 0.0377. The van der Waals surface area contributed by atoms with Crippen LogP contribution in [0.2, 0.25) is 0 Å². The Morgan fingerprint density at radius 3 is 1.22 bits per heavy atom. The van der Waals surface area contributed by atoms with Crippen LogP contribution in [0.25, 0.3) is 0 Å². The molecule has 0 aliphatic rings. The van der Waals surface area contributed by atoms with Gasteiger partial charge >= 0.3 is 0 Å². The summed E-state index contributed by atoms with van der Waals surface area (Å²) in [5.74, 6) is -0.157. The van der Waals surface area contributed by atoms with E-state index in [-0.39, 0.29) is 12.5 Å². The lowest BCUT2D eigenvalue weighted by molar-refractivity contribution is -0.124. The number of aliphatic hydroxyl groups is 3. The predicted octanol–water partition coefficient (Wildman–Crippen LogP) is 12.6. The van der Waals surface area contributed by atoms with Crippen LogP contribution in [0.3, 0.4) is 0 Å². The Labute approximate surface area is 312 Å². The van der Waals surface area contributed by atoms with Crippen molar-refractivity contribution in [2.24, 2.45) is 0 Å². The first-order valence-corrected chi connectivity index (χ1v) is 22.1. The van der Waals surface area contributed by atoms with Crippen LogP contribution in [0, 0.1) is 0 Å². The number of aliphatic hydroxyl groups excluding tert-OH is 3. The van der Waals surface area contributed by atoms with Crippen LogP contribution in [0.5, 0.6) is 0 Å². The average Bonchev–Trinajstić information content (AvgIpc) is 3.12. The van der Waals surface area contributed by atoms with Crippen LogP contribution >= 0.6 is 0 Å². The molecule has 0 bridgehead atoms. The number of hydrogen-bond acceptors (Lipinski definition) is 4. The van der Waals surface area contributed by atoms with Crippen LogP contribution in [0.15, 0.2) is 24.3 Å². The standard InChI is InChI=1S/C45H87NO4/c1-3-5-7-9-11-13-15-16-17-18-19-20-21-22-23-24-25-26-27-28-29-30-32-34-36-38-40-44(49)46-42(41-47)45(50)43(48)39-37-35-33-31-14-12-10-8-6-4-2/h8,10,31,33,42-43,45,47-48,50H,3-7,9,11-30,32,34-41H2,1-2H3,(H,46,49)/b10-8+,33-31+. The van der Waals surface area contributed by atoms with Gasteiger partial charge in [-0.1, -0.05) is 205 Å². The molecule has 1 amide bonds. The van der Waals surface area contributed by atoms with E-state index in [9.17, 15) is 20.1 Å². The van der Waals surface area contributed by atoms with E-state index in [0.29, 0.717) is 12.8 Å². The van der Waals surface area contributed by atoms with Gasteiger partial charge in [0, 0.05) is 6.42 Å². The molecule has 5 nitrogen and oxygen atoms in total. The molecule has 0 aromatic heterocycles. The van der Waals surface area contributed by atoms with Gasteiger partial charge in [0.05, 0.1) is 18.8 Å². The molecule has 0 saturated carbocycles. The van der Waals surface area contributed by atoms with Crippen molar-refractivity contribution in [3.63, 3.8) is 0 Å². The normalized spacial score (nSPS) is 13.8. The van der Waals surface area contributed by atoms with Crippen molar-refractivity contribution in [2.45, 2.75) is 250 Å². The van der Waals surface area contributed by atoms with Gasteiger partial charge in [0.25, 0.3) is 0 Å². The second-order valence-electron chi connectivity index (χ2n) is 15.2. The molecule has 5 heteroatoms. The van der Waals surface area contributed by atoms with Crippen LogP contribution in [0.4, 0.5) is 0 Å². The third kappa shape index (κ3) is 35.2. The molecule has 0 aliphatic heterocycles. The lowest BCUT2D eigenvalue weighted by Crippen LogP contribution is -2.50. The molecule has 0 aromatic rings. The van der Waals surface area contributed by atoms with Gasteiger partial charge in [-0.05, 0) is 44.9 Å². The zero-order valence-electron chi connectivity index (χ0n) is 33.5. The first kappa shape index (κ1) is 48.8. The Kier molecular flexibility index (Phi) is 39.6. The SMILES string of the molecule is CCC/C=C/CC/C=C/CCCC(O)C(O)C(CO)NC(=O)CCCCCCCCCCCCCCCCCCCCCCCCCCCC. The van der Waals surface area contributed by atoms with E-state index < -0.39 is 18.2 Å². The monoisotopic (exact) mass is 706 g/mol. The molecule has 0 aromatic carbocycles. The molecular formula is C45H87NO4. The van der Waals surface area contributed by atoms with Crippen LogP contribution < -0.4 is 5.32 Å². The largest absolute Gasteiger partial charge is 0.394 e. The second-order valence-corrected chi connectivity index (χ2v) is 15.2. The molecule has 0 saturated heterocycles. The zero-order valence-corrected chi connectivity index (χ0v) is 33.5. The van der Waals surface area contributed by atoms with E-state index in [4.69, 9.17) is 0 Å². The Morgan fingerprint density at radius 1 is 0.480 bits per heavy atom. The molecule has 0 rings (SSSR count). The maximum atomic E-state index is 12.4. The van der Waals surface area contributed by atoms with E-state index in [0.717, 1.165) is 51.4 Å². The van der Waals surface area contributed by atoms with Gasteiger partial charge in [-0.3, -0.25) is 4.79 Å². The highest BCUT2D eigenvalue weighted by molar-refractivity contribution is 5.76. The van der Waals surface area contributed by atoms with E-state index in [1.165, 1.54) is 154 Å². The number of allylic oxidation sites excluding steroid dienone is 4. The maximum absolute atomic E-state index is 12.4. The van der Waals surface area contributed by atoms with Crippen molar-refractivity contribution in [1.82, 2.24) is 5.32 Å². The Bertz CT molecular complexity index is 739. The molecule has 0 spiro atoms. The van der Waals surface area contributed by atoms with Crippen molar-refractivity contribution in [3.8, 4) is 0 Å². The Hall–Kier alpha value is -1.17. The minimum Gasteiger partial charge on any atom is -0.394 e. The van der Waals surface area contributed by atoms with E-state index in [1.807, 2.05) is 0 Å². The smallest absolute Gasteiger partial charge is 0.220 e. The molecule has 0 fully saturated rings. The van der Waals surface area contributed by atoms with E-state index in [1.54, 1.807) is 0 Å². The highest BCUT2D eigenvalue weighted by atomic mass is 16.3. The number of carbonyl (C=O) groups is 1. The Morgan fingerprint density at radius 2 is 0.840 bits per heavy atom. The first-order chi connectivity index (χ1) is 24.6. The third-order valence-corrected chi connectivity index (χ3v) is 10.3. The predicted molar refractivity (Wildman–Crippen MR) is 218 cm³/mol. The molecule has 3 unspecified atom stereocenters. The van der Waals surface area contributed by atoms with E-state index >= 15 is 0 Å². The average molecular weight is 706 g/mol. The molecule has 0 heterocycles. The summed E-state index contributed by atoms with van der Waals surface area (Å²) in [4.78, 5) is 12.4. The molecule has 3 atom stereocenters. The van der Waals surface area contributed by atoms with Crippen LogP contribution in [-0.2, 0) is 4.79 Å². The summed E-state index contributed by atoms with van der Waals surface area (Å²) in [6, 6.07) is -0.827. The summed E-state index contributed by atoms with van der Waals surface area (Å²) in [6.45, 7) is 4.09. The summed E-state index contributed by atoms with van der Waals surface area (Å²) in [5.41, 5.74) is 0. The van der Waals surface area contributed by atoms with Gasteiger partial charge < -0.3 is 20.6 Å². The molecule has 50 heavy (non-hydrogen) atoms. The minimum absolute atomic E-state index is 0.157. The lowest BCUT2D eigenvalue weighted by Gasteiger charge is -2.26. The fourth-order valence-corrected chi connectivity index (χ4v) is 6.83. The number of nitrogens with one attached hydrogen (secondary N) is 1. The molecular weight excluding hydrogens is 618 g/mol. The first-order valence-electron chi connectivity index (χ1n) is 22.1. The van der Waals surface area contributed by atoms with Crippen LogP contribution in [-0.4, -0.2) is 46.1 Å². The molecule has 4 N–H and O–H groups in total. The van der Waals surface area contributed by atoms with Gasteiger partial charge in [-0.15, -0.1) is 0 Å². The number of hydrogen-bond donors (Lipinski definition) is 4. The summed E-state index contributed by atoms with van der Waals surface area (Å²) in [5, 5.41) is 33.3. The van der Waals surface area contributed by atoms with Gasteiger partial charge in [-0.2, -0.15) is 0 Å². The van der Waals surface area contributed by atoms with Gasteiger partial charge in [0.2, 0.25) is 5.91 Å². The number of carbonyl (C=O) groups excluding carboxylic acids is 1. The van der Waals surface area contributed by atoms with Crippen molar-refractivity contribution in [2.75, 3.05) is 6.61 Å². The fraction of sp³-hybridized carbons (Fsp3) is 0.889. The van der Waals surface area contributed by atoms with Crippen molar-refractivity contribution < 1.29 is 20.1 Å². The molecule has 0 aliphatic carbocycles. The number of unbranched alkanes of at least 4 members (excludes halogenated alkanes) is 28. The summed E-state index contributed by atoms with van der Waals surface area (Å²) < 4.78 is 0. The topological polar surface area (TPSA) is 89.8 Å². The second kappa shape index (κ2) is 40.6. The highest BCUT2D eigenvalue weighted by Gasteiger charge is 2.26. The Balaban J connectivity index is 3.52. The van der Waals surface area contributed by atoms with Crippen LogP contribution in [0.1, 0.15) is 232 Å². The fourth-order valence-electron chi connectivity index (χ4n) is 6.83. The van der Waals surface area contributed by atoms with Crippen molar-refractivity contribution in [3.05, 3.63) is 24.3 Å². The maximum Gasteiger partial charge on any atom is 0.220 e. The van der Waals surface area contributed by atoms with Gasteiger partial charge in [0.1, 0.15) is 6.10 Å². The molecule has 0 radical (unpaired) electrons. The number of rotatable bonds is 40. The summed E-state index contributed by atoms with van der Waals surface area (Å²) in [7, 11) is 0. The summed E-state index contributed by atoms with van der Waals surface area (Å²) >= 11 is 0. The summed E-state index contributed by atoms with van der Waals surface area (Å²) in [6.07, 6.45) is 48.8. The van der Waals surface area contributed by atoms with Crippen molar-refractivity contribution >= 4 is 5.91 Å². The molecule has 296 valence electrons. The van der Waals surface area contributed by atoms with E-state index in [2.05, 4.69) is 43.5 Å².